The molecule has 2 aromatic rings. The minimum atomic E-state index is 0. The molecule has 0 saturated carbocycles. The van der Waals surface area contributed by atoms with Gasteiger partial charge in [-0.2, -0.15) is 0 Å². The molecule has 0 bridgehead atoms. The van der Waals surface area contributed by atoms with Crippen LogP contribution in [-0.4, -0.2) is 47.8 Å². The Kier molecular flexibility index (Phi) is 6.77. The number of benzene rings is 2. The van der Waals surface area contributed by atoms with Crippen molar-refractivity contribution < 1.29 is 9.59 Å². The molecule has 26 heavy (non-hydrogen) atoms. The van der Waals surface area contributed by atoms with E-state index in [2.05, 4.69) is 0 Å². The summed E-state index contributed by atoms with van der Waals surface area (Å²) in [5.41, 5.74) is 9.08. The molecular weight excluding hydrogens is 350 g/mol. The fourth-order valence-corrected chi connectivity index (χ4v) is 2.96. The van der Waals surface area contributed by atoms with Crippen molar-refractivity contribution >= 4 is 24.2 Å². The standard InChI is InChI=1S/C20H23N3O2.ClH/c1-15-2-6-17(7-3-15)19(24)22-10-12-23(13-11-22)20(25)18-8-4-16(14-21)5-9-18;/h2-9H,10-14,21H2,1H3;1H. The lowest BCUT2D eigenvalue weighted by Gasteiger charge is -2.35. The highest BCUT2D eigenvalue weighted by molar-refractivity contribution is 5.96. The highest BCUT2D eigenvalue weighted by Crippen LogP contribution is 2.13. The van der Waals surface area contributed by atoms with Gasteiger partial charge in [-0.3, -0.25) is 9.59 Å². The SMILES string of the molecule is Cc1ccc(C(=O)N2CCN(C(=O)c3ccc(CN)cc3)CC2)cc1.Cl. The lowest BCUT2D eigenvalue weighted by Crippen LogP contribution is -2.50. The first-order chi connectivity index (χ1) is 12.1. The second-order valence-electron chi connectivity index (χ2n) is 6.35. The van der Waals surface area contributed by atoms with Crippen molar-refractivity contribution in [1.82, 2.24) is 9.80 Å². The molecule has 1 fully saturated rings. The van der Waals surface area contributed by atoms with Gasteiger partial charge in [0.15, 0.2) is 0 Å². The number of rotatable bonds is 3. The maximum atomic E-state index is 12.6. The van der Waals surface area contributed by atoms with Crippen molar-refractivity contribution in [2.45, 2.75) is 13.5 Å². The molecule has 1 saturated heterocycles. The van der Waals surface area contributed by atoms with E-state index in [1.807, 2.05) is 60.4 Å². The van der Waals surface area contributed by atoms with Gasteiger partial charge in [-0.05, 0) is 36.8 Å². The van der Waals surface area contributed by atoms with E-state index in [-0.39, 0.29) is 24.2 Å². The minimum absolute atomic E-state index is 0. The molecule has 0 unspecified atom stereocenters. The number of aryl methyl sites for hydroxylation is 1. The zero-order valence-corrected chi connectivity index (χ0v) is 15.7. The van der Waals surface area contributed by atoms with E-state index in [0.29, 0.717) is 43.9 Å². The summed E-state index contributed by atoms with van der Waals surface area (Å²) in [5.74, 6) is 0.0328. The largest absolute Gasteiger partial charge is 0.335 e. The van der Waals surface area contributed by atoms with Crippen LogP contribution in [0.3, 0.4) is 0 Å². The van der Waals surface area contributed by atoms with Crippen molar-refractivity contribution in [3.05, 3.63) is 70.8 Å². The van der Waals surface area contributed by atoms with E-state index < -0.39 is 0 Å². The first kappa shape index (κ1) is 19.9. The lowest BCUT2D eigenvalue weighted by molar-refractivity contribution is 0.0535. The summed E-state index contributed by atoms with van der Waals surface area (Å²) in [5, 5.41) is 0. The average Bonchev–Trinajstić information content (AvgIpc) is 2.67. The smallest absolute Gasteiger partial charge is 0.253 e. The molecule has 0 spiro atoms. The van der Waals surface area contributed by atoms with Crippen LogP contribution >= 0.6 is 12.4 Å². The molecule has 1 aliphatic heterocycles. The van der Waals surface area contributed by atoms with Crippen LogP contribution in [0.5, 0.6) is 0 Å². The molecule has 5 nitrogen and oxygen atoms in total. The third-order valence-corrected chi connectivity index (χ3v) is 4.59. The van der Waals surface area contributed by atoms with E-state index in [1.165, 1.54) is 0 Å². The first-order valence-corrected chi connectivity index (χ1v) is 8.52. The Morgan fingerprint density at radius 2 is 1.19 bits per heavy atom. The van der Waals surface area contributed by atoms with Crippen molar-refractivity contribution in [3.63, 3.8) is 0 Å². The maximum Gasteiger partial charge on any atom is 0.253 e. The van der Waals surface area contributed by atoms with Gasteiger partial charge < -0.3 is 15.5 Å². The number of carbonyl (C=O) groups is 2. The van der Waals surface area contributed by atoms with Crippen LogP contribution in [0.1, 0.15) is 31.8 Å². The van der Waals surface area contributed by atoms with Crippen LogP contribution in [0.25, 0.3) is 0 Å². The number of carbonyl (C=O) groups excluding carboxylic acids is 2. The Balaban J connectivity index is 0.00000243. The molecule has 2 amide bonds. The van der Waals surface area contributed by atoms with Gasteiger partial charge in [-0.25, -0.2) is 0 Å². The van der Waals surface area contributed by atoms with Crippen LogP contribution in [0.4, 0.5) is 0 Å². The van der Waals surface area contributed by atoms with Gasteiger partial charge in [-0.1, -0.05) is 29.8 Å². The summed E-state index contributed by atoms with van der Waals surface area (Å²) >= 11 is 0. The summed E-state index contributed by atoms with van der Waals surface area (Å²) in [6.07, 6.45) is 0. The van der Waals surface area contributed by atoms with Gasteiger partial charge in [0.25, 0.3) is 11.8 Å². The molecule has 1 aliphatic rings. The van der Waals surface area contributed by atoms with E-state index in [1.54, 1.807) is 4.90 Å². The van der Waals surface area contributed by atoms with Crippen molar-refractivity contribution in [2.24, 2.45) is 5.73 Å². The fourth-order valence-electron chi connectivity index (χ4n) is 2.96. The number of hydrogen-bond donors (Lipinski definition) is 1. The van der Waals surface area contributed by atoms with Gasteiger partial charge in [0.05, 0.1) is 0 Å². The molecule has 2 aromatic carbocycles. The highest BCUT2D eigenvalue weighted by Gasteiger charge is 2.25. The van der Waals surface area contributed by atoms with Crippen molar-refractivity contribution in [3.8, 4) is 0 Å². The predicted octanol–water partition coefficient (Wildman–Crippen LogP) is 2.47. The average molecular weight is 374 g/mol. The summed E-state index contributed by atoms with van der Waals surface area (Å²) in [4.78, 5) is 28.7. The first-order valence-electron chi connectivity index (χ1n) is 8.52. The minimum Gasteiger partial charge on any atom is -0.335 e. The Bertz CT molecular complexity index is 752. The van der Waals surface area contributed by atoms with Crippen LogP contribution in [0.15, 0.2) is 48.5 Å². The second-order valence-corrected chi connectivity index (χ2v) is 6.35. The van der Waals surface area contributed by atoms with Gasteiger partial charge in [0.1, 0.15) is 0 Å². The Morgan fingerprint density at radius 1 is 0.808 bits per heavy atom. The number of amides is 2. The zero-order valence-electron chi connectivity index (χ0n) is 14.9. The number of piperazine rings is 1. The van der Waals surface area contributed by atoms with Crippen LogP contribution in [-0.2, 0) is 6.54 Å². The Hall–Kier alpha value is -2.37. The van der Waals surface area contributed by atoms with Crippen molar-refractivity contribution in [2.75, 3.05) is 26.2 Å². The Morgan fingerprint density at radius 3 is 1.58 bits per heavy atom. The maximum absolute atomic E-state index is 12.6. The molecule has 1 heterocycles. The number of nitrogens with zero attached hydrogens (tertiary/aromatic N) is 2. The molecular formula is C20H24ClN3O2. The van der Waals surface area contributed by atoms with E-state index in [4.69, 9.17) is 5.73 Å². The van der Waals surface area contributed by atoms with Crippen LogP contribution in [0, 0.1) is 6.92 Å². The number of hydrogen-bond acceptors (Lipinski definition) is 3. The quantitative estimate of drug-likeness (QED) is 0.898. The van der Waals surface area contributed by atoms with Gasteiger partial charge in [0.2, 0.25) is 0 Å². The fraction of sp³-hybridized carbons (Fsp3) is 0.300. The summed E-state index contributed by atoms with van der Waals surface area (Å²) in [6, 6.07) is 15.0. The zero-order chi connectivity index (χ0) is 17.8. The Labute approximate surface area is 160 Å². The van der Waals surface area contributed by atoms with Crippen LogP contribution in [0.2, 0.25) is 0 Å². The summed E-state index contributed by atoms with van der Waals surface area (Å²) in [6.45, 7) is 4.68. The van der Waals surface area contributed by atoms with E-state index >= 15 is 0 Å². The molecule has 2 N–H and O–H groups in total. The monoisotopic (exact) mass is 373 g/mol. The van der Waals surface area contributed by atoms with Crippen molar-refractivity contribution in [1.29, 1.82) is 0 Å². The number of nitrogens with two attached hydrogens (primary N) is 1. The predicted molar refractivity (Wildman–Crippen MR) is 105 cm³/mol. The van der Waals surface area contributed by atoms with Gasteiger partial charge in [-0.15, -0.1) is 12.4 Å². The topological polar surface area (TPSA) is 66.6 Å². The molecule has 6 heteroatoms. The van der Waals surface area contributed by atoms with Gasteiger partial charge >= 0.3 is 0 Å². The molecule has 3 rings (SSSR count). The third-order valence-electron chi connectivity index (χ3n) is 4.59. The van der Waals surface area contributed by atoms with Crippen LogP contribution < -0.4 is 5.73 Å². The lowest BCUT2D eigenvalue weighted by atomic mass is 10.1. The van der Waals surface area contributed by atoms with E-state index in [9.17, 15) is 9.59 Å². The normalized spacial score (nSPS) is 13.9. The summed E-state index contributed by atoms with van der Waals surface area (Å²) in [7, 11) is 0. The molecule has 0 aliphatic carbocycles. The third kappa shape index (κ3) is 4.42. The highest BCUT2D eigenvalue weighted by atomic mass is 35.5. The molecule has 0 atom stereocenters. The summed E-state index contributed by atoms with van der Waals surface area (Å²) < 4.78 is 0. The molecule has 0 radical (unpaired) electrons. The second kappa shape index (κ2) is 8.83. The van der Waals surface area contributed by atoms with E-state index in [0.717, 1.165) is 11.1 Å². The van der Waals surface area contributed by atoms with Gasteiger partial charge in [0, 0.05) is 43.9 Å². The number of halogens is 1. The molecule has 0 aromatic heterocycles. The molecule has 138 valence electrons.